The van der Waals surface area contributed by atoms with Crippen LogP contribution in [0.1, 0.15) is 0 Å². The molecule has 100 valence electrons. The van der Waals surface area contributed by atoms with Crippen LogP contribution in [0.4, 0.5) is 13.2 Å². The number of nitrogens with zero attached hydrogens (tertiary/aromatic N) is 2. The van der Waals surface area contributed by atoms with E-state index in [0.717, 1.165) is 0 Å². The molecule has 0 spiro atoms. The van der Waals surface area contributed by atoms with E-state index in [9.17, 15) is 22.8 Å². The van der Waals surface area contributed by atoms with Crippen molar-refractivity contribution >= 4 is 23.0 Å². The fraction of sp³-hybridized carbons (Fsp3) is 0.182. The number of esters is 2. The Balaban J connectivity index is 2.09. The SMILES string of the molecule is O=C(Cn1cnc2ccccc21)OC(=O)C(F)(F)F. The highest BCUT2D eigenvalue weighted by atomic mass is 19.4. The average molecular weight is 272 g/mol. The molecule has 8 heteroatoms. The second-order valence-electron chi connectivity index (χ2n) is 3.62. The van der Waals surface area contributed by atoms with Crippen molar-refractivity contribution in [3.63, 3.8) is 0 Å². The van der Waals surface area contributed by atoms with Gasteiger partial charge in [-0.05, 0) is 12.1 Å². The van der Waals surface area contributed by atoms with Crippen LogP contribution in [-0.2, 0) is 20.9 Å². The zero-order valence-corrected chi connectivity index (χ0v) is 9.35. The number of hydrogen-bond acceptors (Lipinski definition) is 4. The van der Waals surface area contributed by atoms with E-state index in [2.05, 4.69) is 9.72 Å². The zero-order valence-electron chi connectivity index (χ0n) is 9.35. The van der Waals surface area contributed by atoms with E-state index in [1.54, 1.807) is 24.3 Å². The normalized spacial score (nSPS) is 11.5. The molecule has 0 bridgehead atoms. The van der Waals surface area contributed by atoms with Crippen LogP contribution in [0, 0.1) is 0 Å². The highest BCUT2D eigenvalue weighted by molar-refractivity contribution is 5.89. The van der Waals surface area contributed by atoms with Crippen molar-refractivity contribution in [2.45, 2.75) is 12.7 Å². The van der Waals surface area contributed by atoms with Gasteiger partial charge in [-0.3, -0.25) is 0 Å². The van der Waals surface area contributed by atoms with Gasteiger partial charge < -0.3 is 9.30 Å². The number of ether oxygens (including phenoxy) is 1. The molecule has 1 aromatic heterocycles. The average Bonchev–Trinajstić information content (AvgIpc) is 2.71. The summed E-state index contributed by atoms with van der Waals surface area (Å²) >= 11 is 0. The minimum Gasteiger partial charge on any atom is -0.385 e. The molecule has 0 saturated carbocycles. The summed E-state index contributed by atoms with van der Waals surface area (Å²) < 4.78 is 40.7. The predicted octanol–water partition coefficient (Wildman–Crippen LogP) is 1.67. The molecular formula is C11H7F3N2O3. The summed E-state index contributed by atoms with van der Waals surface area (Å²) in [5.74, 6) is -3.83. The number of rotatable bonds is 2. The van der Waals surface area contributed by atoms with Gasteiger partial charge in [-0.2, -0.15) is 13.2 Å². The smallest absolute Gasteiger partial charge is 0.385 e. The van der Waals surface area contributed by atoms with Crippen LogP contribution in [-0.4, -0.2) is 27.7 Å². The van der Waals surface area contributed by atoms with Gasteiger partial charge in [-0.1, -0.05) is 12.1 Å². The van der Waals surface area contributed by atoms with Crippen LogP contribution in [0.2, 0.25) is 0 Å². The molecule has 1 heterocycles. The molecule has 0 N–H and O–H groups in total. The molecule has 1 aromatic carbocycles. The lowest BCUT2D eigenvalue weighted by Gasteiger charge is -2.06. The van der Waals surface area contributed by atoms with Gasteiger partial charge in [0.15, 0.2) is 0 Å². The lowest BCUT2D eigenvalue weighted by Crippen LogP contribution is -2.29. The van der Waals surface area contributed by atoms with Gasteiger partial charge in [-0.25, -0.2) is 14.6 Å². The summed E-state index contributed by atoms with van der Waals surface area (Å²) in [6.07, 6.45) is -3.91. The van der Waals surface area contributed by atoms with E-state index in [1.165, 1.54) is 10.9 Å². The Morgan fingerprint density at radius 2 is 1.95 bits per heavy atom. The molecule has 0 saturated heterocycles. The summed E-state index contributed by atoms with van der Waals surface area (Å²) in [7, 11) is 0. The van der Waals surface area contributed by atoms with Crippen LogP contribution in [0.15, 0.2) is 30.6 Å². The number of benzene rings is 1. The highest BCUT2D eigenvalue weighted by Gasteiger charge is 2.42. The third-order valence-corrected chi connectivity index (χ3v) is 2.26. The van der Waals surface area contributed by atoms with Crippen molar-refractivity contribution < 1.29 is 27.5 Å². The molecule has 5 nitrogen and oxygen atoms in total. The Bertz CT molecular complexity index is 633. The van der Waals surface area contributed by atoms with Crippen LogP contribution < -0.4 is 0 Å². The monoisotopic (exact) mass is 272 g/mol. The largest absolute Gasteiger partial charge is 0.491 e. The first kappa shape index (κ1) is 13.1. The van der Waals surface area contributed by atoms with E-state index in [0.29, 0.717) is 11.0 Å². The molecule has 0 atom stereocenters. The molecule has 19 heavy (non-hydrogen) atoms. The zero-order chi connectivity index (χ0) is 14.0. The van der Waals surface area contributed by atoms with Crippen LogP contribution in [0.5, 0.6) is 0 Å². The van der Waals surface area contributed by atoms with Gasteiger partial charge in [0, 0.05) is 0 Å². The van der Waals surface area contributed by atoms with Crippen molar-refractivity contribution in [3.8, 4) is 0 Å². The Kier molecular flexibility index (Phi) is 3.24. The number of aromatic nitrogens is 2. The van der Waals surface area contributed by atoms with Gasteiger partial charge in [-0.15, -0.1) is 0 Å². The molecule has 0 amide bonds. The Morgan fingerprint density at radius 3 is 2.63 bits per heavy atom. The molecule has 2 aromatic rings. The molecule has 2 rings (SSSR count). The predicted molar refractivity (Wildman–Crippen MR) is 56.9 cm³/mol. The molecule has 0 aliphatic heterocycles. The van der Waals surface area contributed by atoms with Crippen molar-refractivity contribution in [1.29, 1.82) is 0 Å². The van der Waals surface area contributed by atoms with Crippen LogP contribution >= 0.6 is 0 Å². The first-order valence-electron chi connectivity index (χ1n) is 5.09. The number of carbonyl (C=O) groups is 2. The summed E-state index contributed by atoms with van der Waals surface area (Å²) in [6.45, 7) is -0.525. The maximum absolute atomic E-state index is 11.9. The van der Waals surface area contributed by atoms with Gasteiger partial charge >= 0.3 is 18.1 Å². The van der Waals surface area contributed by atoms with E-state index in [1.807, 2.05) is 0 Å². The number of imidazole rings is 1. The Morgan fingerprint density at radius 1 is 1.26 bits per heavy atom. The Hall–Kier alpha value is -2.38. The number of carbonyl (C=O) groups excluding carboxylic acids is 2. The van der Waals surface area contributed by atoms with E-state index in [-0.39, 0.29) is 0 Å². The summed E-state index contributed by atoms with van der Waals surface area (Å²) in [6, 6.07) is 6.73. The lowest BCUT2D eigenvalue weighted by molar-refractivity contribution is -0.202. The Labute approximate surface area is 104 Å². The fourth-order valence-electron chi connectivity index (χ4n) is 1.47. The van der Waals surface area contributed by atoms with Crippen LogP contribution in [0.25, 0.3) is 11.0 Å². The van der Waals surface area contributed by atoms with Crippen LogP contribution in [0.3, 0.4) is 0 Å². The lowest BCUT2D eigenvalue weighted by atomic mass is 10.3. The third kappa shape index (κ3) is 2.90. The number of halogens is 3. The minimum absolute atomic E-state index is 0.525. The molecule has 0 unspecified atom stereocenters. The van der Waals surface area contributed by atoms with Crippen molar-refractivity contribution in [2.75, 3.05) is 0 Å². The third-order valence-electron chi connectivity index (χ3n) is 2.26. The topological polar surface area (TPSA) is 61.2 Å². The van der Waals surface area contributed by atoms with E-state index < -0.39 is 24.7 Å². The van der Waals surface area contributed by atoms with E-state index >= 15 is 0 Å². The first-order valence-corrected chi connectivity index (χ1v) is 5.09. The van der Waals surface area contributed by atoms with Gasteiger partial charge in [0.25, 0.3) is 0 Å². The first-order chi connectivity index (χ1) is 8.88. The molecule has 0 radical (unpaired) electrons. The van der Waals surface area contributed by atoms with E-state index in [4.69, 9.17) is 0 Å². The second kappa shape index (κ2) is 4.71. The fourth-order valence-corrected chi connectivity index (χ4v) is 1.47. The molecule has 0 aliphatic rings. The molecular weight excluding hydrogens is 265 g/mol. The van der Waals surface area contributed by atoms with Gasteiger partial charge in [0.1, 0.15) is 6.54 Å². The molecule has 0 aliphatic carbocycles. The van der Waals surface area contributed by atoms with Crippen molar-refractivity contribution in [2.24, 2.45) is 0 Å². The maximum atomic E-state index is 11.9. The minimum atomic E-state index is -5.19. The number of hydrogen-bond donors (Lipinski definition) is 0. The summed E-state index contributed by atoms with van der Waals surface area (Å²) in [5.41, 5.74) is 1.14. The molecule has 0 fully saturated rings. The maximum Gasteiger partial charge on any atom is 0.491 e. The summed E-state index contributed by atoms with van der Waals surface area (Å²) in [5, 5.41) is 0. The van der Waals surface area contributed by atoms with Gasteiger partial charge in [0.2, 0.25) is 0 Å². The van der Waals surface area contributed by atoms with Crippen molar-refractivity contribution in [3.05, 3.63) is 30.6 Å². The second-order valence-corrected chi connectivity index (χ2v) is 3.62. The number of fused-ring (bicyclic) bond motifs is 1. The number of alkyl halides is 3. The van der Waals surface area contributed by atoms with Gasteiger partial charge in [0.05, 0.1) is 17.4 Å². The standard InChI is InChI=1S/C11H7F3N2O3/c12-11(13,14)10(18)19-9(17)5-16-6-15-7-3-1-2-4-8(7)16/h1-4,6H,5H2. The van der Waals surface area contributed by atoms with Crippen molar-refractivity contribution in [1.82, 2.24) is 9.55 Å². The highest BCUT2D eigenvalue weighted by Crippen LogP contribution is 2.17. The number of para-hydroxylation sites is 2. The summed E-state index contributed by atoms with van der Waals surface area (Å²) in [4.78, 5) is 25.6. The quantitative estimate of drug-likeness (QED) is 0.616.